The van der Waals surface area contributed by atoms with E-state index in [1.54, 1.807) is 24.3 Å². The number of hydrogen-bond acceptors (Lipinski definition) is 4. The van der Waals surface area contributed by atoms with Gasteiger partial charge in [-0.2, -0.15) is 0 Å². The van der Waals surface area contributed by atoms with E-state index in [-0.39, 0.29) is 6.61 Å². The summed E-state index contributed by atoms with van der Waals surface area (Å²) in [5, 5.41) is 11.5. The molecule has 0 bridgehead atoms. The van der Waals surface area contributed by atoms with Gasteiger partial charge in [-0.1, -0.05) is 60.7 Å². The van der Waals surface area contributed by atoms with Crippen LogP contribution in [0.4, 0.5) is 5.69 Å². The minimum atomic E-state index is -3.56. The fourth-order valence-electron chi connectivity index (χ4n) is 2.81. The monoisotopic (exact) mass is 381 g/mol. The zero-order valence-electron chi connectivity index (χ0n) is 15.5. The lowest BCUT2D eigenvalue weighted by atomic mass is 10.2. The van der Waals surface area contributed by atoms with Crippen molar-refractivity contribution in [2.45, 2.75) is 12.5 Å². The zero-order chi connectivity index (χ0) is 19.3. The first-order chi connectivity index (χ1) is 13.0. The molecule has 3 aromatic rings. The molecule has 27 heavy (non-hydrogen) atoms. The molecule has 0 spiro atoms. The first-order valence-corrected chi connectivity index (χ1v) is 10.5. The highest BCUT2D eigenvalue weighted by Crippen LogP contribution is 2.58. The normalized spacial score (nSPS) is 14.3. The third-order valence-electron chi connectivity index (χ3n) is 4.41. The summed E-state index contributed by atoms with van der Waals surface area (Å²) in [4.78, 5) is 1.97. The molecule has 0 aliphatic heterocycles. The molecule has 0 fully saturated rings. The Labute approximate surface area is 160 Å². The van der Waals surface area contributed by atoms with E-state index in [1.807, 2.05) is 79.7 Å². The topological polar surface area (TPSA) is 49.8 Å². The molecule has 1 N–H and O–H groups in total. The van der Waals surface area contributed by atoms with Crippen molar-refractivity contribution in [1.29, 1.82) is 0 Å². The Kier molecular flexibility index (Phi) is 6.12. The Hall–Kier alpha value is -2.39. The molecule has 0 radical (unpaired) electrons. The van der Waals surface area contributed by atoms with Crippen LogP contribution < -0.4 is 10.2 Å². The molecule has 0 heterocycles. The Balaban J connectivity index is 1.96. The number of rotatable bonds is 7. The Morgan fingerprint density at radius 2 is 1.44 bits per heavy atom. The summed E-state index contributed by atoms with van der Waals surface area (Å²) in [6.45, 7) is 0.164. The number of aliphatic hydroxyl groups is 1. The molecule has 0 aromatic heterocycles. The van der Waals surface area contributed by atoms with Crippen LogP contribution in [0.2, 0.25) is 0 Å². The SMILES string of the molecule is CN(C)c1ccc([P@@](=O)(OCc2ccccc2)[C@@H](O)c2ccccc2)cc1. The maximum Gasteiger partial charge on any atom is 0.264 e. The second-order valence-electron chi connectivity index (χ2n) is 6.55. The molecule has 0 amide bonds. The van der Waals surface area contributed by atoms with Gasteiger partial charge in [-0.05, 0) is 35.4 Å². The zero-order valence-corrected chi connectivity index (χ0v) is 16.4. The molecule has 3 rings (SSSR count). The number of hydrogen-bond donors (Lipinski definition) is 1. The molecule has 4 nitrogen and oxygen atoms in total. The summed E-state index contributed by atoms with van der Waals surface area (Å²) >= 11 is 0. The van der Waals surface area contributed by atoms with Gasteiger partial charge in [0, 0.05) is 25.1 Å². The molecule has 0 aliphatic carbocycles. The third kappa shape index (κ3) is 4.48. The van der Waals surface area contributed by atoms with Crippen molar-refractivity contribution in [2.75, 3.05) is 19.0 Å². The molecule has 0 saturated heterocycles. The van der Waals surface area contributed by atoms with E-state index in [9.17, 15) is 9.67 Å². The first-order valence-electron chi connectivity index (χ1n) is 8.80. The minimum absolute atomic E-state index is 0.164. The van der Waals surface area contributed by atoms with E-state index in [4.69, 9.17) is 4.52 Å². The highest BCUT2D eigenvalue weighted by Gasteiger charge is 2.36. The van der Waals surface area contributed by atoms with Crippen LogP contribution in [-0.2, 0) is 15.7 Å². The standard InChI is InChI=1S/C22H24NO3P/c1-23(2)20-13-15-21(16-14-20)27(25,22(24)19-11-7-4-8-12-19)26-17-18-9-5-3-6-10-18/h3-16,22,24H,17H2,1-2H3/t22-,27-/m1/s1. The predicted octanol–water partition coefficient (Wildman–Crippen LogP) is 4.56. The van der Waals surface area contributed by atoms with Crippen LogP contribution >= 0.6 is 7.37 Å². The van der Waals surface area contributed by atoms with Gasteiger partial charge in [-0.15, -0.1) is 0 Å². The van der Waals surface area contributed by atoms with Crippen molar-refractivity contribution in [3.63, 3.8) is 0 Å². The molecular formula is C22H24NO3P. The molecule has 0 unspecified atom stereocenters. The van der Waals surface area contributed by atoms with Crippen LogP contribution in [0.25, 0.3) is 0 Å². The van der Waals surface area contributed by atoms with Gasteiger partial charge in [0.15, 0.2) is 5.85 Å². The van der Waals surface area contributed by atoms with Crippen LogP contribution in [0, 0.1) is 0 Å². The Bertz CT molecular complexity index is 896. The van der Waals surface area contributed by atoms with E-state index >= 15 is 0 Å². The third-order valence-corrected chi connectivity index (χ3v) is 6.88. The Morgan fingerprint density at radius 3 is 2.00 bits per heavy atom. The van der Waals surface area contributed by atoms with Gasteiger partial charge in [0.1, 0.15) is 0 Å². The predicted molar refractivity (Wildman–Crippen MR) is 111 cm³/mol. The summed E-state index contributed by atoms with van der Waals surface area (Å²) in [6.07, 6.45) is 0. The molecular weight excluding hydrogens is 357 g/mol. The van der Waals surface area contributed by atoms with Crippen molar-refractivity contribution < 1.29 is 14.2 Å². The van der Waals surface area contributed by atoms with E-state index < -0.39 is 13.2 Å². The van der Waals surface area contributed by atoms with Crippen molar-refractivity contribution in [3.05, 3.63) is 96.1 Å². The smallest absolute Gasteiger partial charge is 0.264 e. The lowest BCUT2D eigenvalue weighted by Crippen LogP contribution is -2.16. The van der Waals surface area contributed by atoms with Crippen molar-refractivity contribution in [3.8, 4) is 0 Å². The Morgan fingerprint density at radius 1 is 0.889 bits per heavy atom. The lowest BCUT2D eigenvalue weighted by Gasteiger charge is -2.25. The molecule has 140 valence electrons. The fourth-order valence-corrected chi connectivity index (χ4v) is 4.85. The average Bonchev–Trinajstić information content (AvgIpc) is 2.73. The number of benzene rings is 3. The maximum absolute atomic E-state index is 13.9. The second-order valence-corrected chi connectivity index (χ2v) is 9.01. The van der Waals surface area contributed by atoms with Gasteiger partial charge in [-0.25, -0.2) is 0 Å². The van der Waals surface area contributed by atoms with Crippen LogP contribution in [0.1, 0.15) is 17.0 Å². The molecule has 2 atom stereocenters. The van der Waals surface area contributed by atoms with E-state index in [0.717, 1.165) is 11.3 Å². The quantitative estimate of drug-likeness (QED) is 0.610. The van der Waals surface area contributed by atoms with E-state index in [2.05, 4.69) is 0 Å². The van der Waals surface area contributed by atoms with Gasteiger partial charge in [-0.3, -0.25) is 4.57 Å². The summed E-state index contributed by atoms with van der Waals surface area (Å²) in [6, 6.07) is 25.9. The van der Waals surface area contributed by atoms with Crippen molar-refractivity contribution >= 4 is 18.4 Å². The maximum atomic E-state index is 13.9. The molecule has 5 heteroatoms. The van der Waals surface area contributed by atoms with Crippen LogP contribution in [0.3, 0.4) is 0 Å². The fraction of sp³-hybridized carbons (Fsp3) is 0.182. The summed E-state index contributed by atoms with van der Waals surface area (Å²) < 4.78 is 19.8. The summed E-state index contributed by atoms with van der Waals surface area (Å²) in [7, 11) is 0.324. The van der Waals surface area contributed by atoms with Gasteiger partial charge < -0.3 is 14.5 Å². The average molecular weight is 381 g/mol. The van der Waals surface area contributed by atoms with E-state index in [1.165, 1.54) is 0 Å². The van der Waals surface area contributed by atoms with Gasteiger partial charge in [0.25, 0.3) is 7.37 Å². The highest BCUT2D eigenvalue weighted by atomic mass is 31.2. The number of anilines is 1. The second kappa shape index (κ2) is 8.53. The lowest BCUT2D eigenvalue weighted by molar-refractivity contribution is 0.210. The van der Waals surface area contributed by atoms with Gasteiger partial charge >= 0.3 is 0 Å². The molecule has 0 saturated carbocycles. The van der Waals surface area contributed by atoms with Crippen LogP contribution in [0.15, 0.2) is 84.9 Å². The van der Waals surface area contributed by atoms with Crippen LogP contribution in [-0.4, -0.2) is 19.2 Å². The van der Waals surface area contributed by atoms with Crippen molar-refractivity contribution in [1.82, 2.24) is 0 Å². The number of aliphatic hydroxyl groups excluding tert-OH is 1. The number of nitrogens with zero attached hydrogens (tertiary/aromatic N) is 1. The summed E-state index contributed by atoms with van der Waals surface area (Å²) in [5.74, 6) is -1.23. The summed E-state index contributed by atoms with van der Waals surface area (Å²) in [5.41, 5.74) is 2.47. The largest absolute Gasteiger partial charge is 0.378 e. The molecule has 3 aromatic carbocycles. The van der Waals surface area contributed by atoms with Crippen molar-refractivity contribution in [2.24, 2.45) is 0 Å². The van der Waals surface area contributed by atoms with E-state index in [0.29, 0.717) is 10.9 Å². The first kappa shape index (κ1) is 19.4. The minimum Gasteiger partial charge on any atom is -0.378 e. The van der Waals surface area contributed by atoms with Gasteiger partial charge in [0.05, 0.1) is 6.61 Å². The van der Waals surface area contributed by atoms with Gasteiger partial charge in [0.2, 0.25) is 0 Å². The highest BCUT2D eigenvalue weighted by molar-refractivity contribution is 7.67. The molecule has 0 aliphatic rings. The van der Waals surface area contributed by atoms with Crippen LogP contribution in [0.5, 0.6) is 0 Å².